The summed E-state index contributed by atoms with van der Waals surface area (Å²) < 4.78 is 4.47. The van der Waals surface area contributed by atoms with Crippen LogP contribution in [0, 0.1) is 13.8 Å². The van der Waals surface area contributed by atoms with Gasteiger partial charge in [-0.25, -0.2) is 0 Å². The van der Waals surface area contributed by atoms with Gasteiger partial charge >= 0.3 is 129 Å². The Kier molecular flexibility index (Phi) is 4.59. The van der Waals surface area contributed by atoms with E-state index in [1.165, 1.54) is 18.6 Å². The van der Waals surface area contributed by atoms with E-state index in [9.17, 15) is 0 Å². The van der Waals surface area contributed by atoms with Crippen LogP contribution < -0.4 is 7.48 Å². The zero-order chi connectivity index (χ0) is 12.4. The average molecular weight is 470 g/mol. The van der Waals surface area contributed by atoms with Gasteiger partial charge in [0.2, 0.25) is 0 Å². The van der Waals surface area contributed by atoms with Gasteiger partial charge in [0.1, 0.15) is 0 Å². The van der Waals surface area contributed by atoms with E-state index >= 15 is 0 Å². The summed E-state index contributed by atoms with van der Waals surface area (Å²) in [6.45, 7) is 4.17. The summed E-state index contributed by atoms with van der Waals surface area (Å²) in [6.07, 6.45) is 3.75. The SMILES string of the molecule is Cc1cc([Te]c2cc(C)c(Br)cn2)ncc1Br. The van der Waals surface area contributed by atoms with Crippen LogP contribution in [-0.2, 0) is 0 Å². The molecule has 0 aliphatic rings. The summed E-state index contributed by atoms with van der Waals surface area (Å²) in [5, 5.41) is 0. The Balaban J connectivity index is 2.25. The summed E-state index contributed by atoms with van der Waals surface area (Å²) in [5.41, 5.74) is 2.46. The molecule has 2 heterocycles. The maximum atomic E-state index is 4.45. The van der Waals surface area contributed by atoms with Crippen molar-refractivity contribution in [3.8, 4) is 0 Å². The number of hydrogen-bond donors (Lipinski definition) is 0. The molecule has 2 aromatic heterocycles. The molecule has 0 radical (unpaired) electrons. The molecule has 0 fully saturated rings. The molecule has 17 heavy (non-hydrogen) atoms. The summed E-state index contributed by atoms with van der Waals surface area (Å²) in [6, 6.07) is 4.29. The Hall–Kier alpha value is 0.0496. The normalized spacial score (nSPS) is 10.6. The number of nitrogens with zero attached hydrogens (tertiary/aromatic N) is 2. The number of hydrogen-bond acceptors (Lipinski definition) is 2. The van der Waals surface area contributed by atoms with Crippen molar-refractivity contribution >= 4 is 60.3 Å². The van der Waals surface area contributed by atoms with Crippen LogP contribution in [0.25, 0.3) is 0 Å². The molecule has 0 bridgehead atoms. The molecule has 0 aromatic carbocycles. The maximum absolute atomic E-state index is 4.45. The van der Waals surface area contributed by atoms with Crippen molar-refractivity contribution in [2.24, 2.45) is 0 Å². The number of halogens is 2. The van der Waals surface area contributed by atoms with Crippen molar-refractivity contribution < 1.29 is 0 Å². The van der Waals surface area contributed by atoms with Gasteiger partial charge in [-0.2, -0.15) is 0 Å². The second-order valence-electron chi connectivity index (χ2n) is 3.65. The van der Waals surface area contributed by atoms with Crippen molar-refractivity contribution in [3.05, 3.63) is 44.6 Å². The monoisotopic (exact) mass is 470 g/mol. The Labute approximate surface area is 128 Å². The number of pyridine rings is 2. The number of rotatable bonds is 2. The predicted molar refractivity (Wildman–Crippen MR) is 78.4 cm³/mol. The molecule has 0 unspecified atom stereocenters. The van der Waals surface area contributed by atoms with E-state index in [4.69, 9.17) is 0 Å². The molecule has 88 valence electrons. The molecular formula is C12H10Br2N2Te. The quantitative estimate of drug-likeness (QED) is 0.631. The summed E-state index contributed by atoms with van der Waals surface area (Å²) in [4.78, 5) is 8.89. The zero-order valence-electron chi connectivity index (χ0n) is 9.37. The van der Waals surface area contributed by atoms with Crippen LogP contribution in [-0.4, -0.2) is 30.9 Å². The van der Waals surface area contributed by atoms with Crippen LogP contribution in [0.15, 0.2) is 33.5 Å². The van der Waals surface area contributed by atoms with E-state index in [-0.39, 0.29) is 0 Å². The van der Waals surface area contributed by atoms with Crippen LogP contribution in [0.2, 0.25) is 0 Å². The van der Waals surface area contributed by atoms with E-state index in [2.05, 4.69) is 67.8 Å². The Morgan fingerprint density at radius 3 is 1.65 bits per heavy atom. The molecule has 0 saturated heterocycles. The van der Waals surface area contributed by atoms with Crippen molar-refractivity contribution in [2.45, 2.75) is 13.8 Å². The molecule has 0 spiro atoms. The third-order valence-electron chi connectivity index (χ3n) is 2.25. The van der Waals surface area contributed by atoms with Crippen molar-refractivity contribution in [3.63, 3.8) is 0 Å². The molecule has 0 saturated carbocycles. The Bertz CT molecular complexity index is 509. The second-order valence-corrected chi connectivity index (χ2v) is 8.32. The van der Waals surface area contributed by atoms with Gasteiger partial charge in [-0.1, -0.05) is 0 Å². The van der Waals surface area contributed by atoms with E-state index in [1.54, 1.807) is 0 Å². The Morgan fingerprint density at radius 2 is 1.29 bits per heavy atom. The minimum absolute atomic E-state index is 0.487. The molecule has 5 heteroatoms. The van der Waals surface area contributed by atoms with Gasteiger partial charge in [0.15, 0.2) is 0 Å². The van der Waals surface area contributed by atoms with Crippen molar-refractivity contribution in [2.75, 3.05) is 0 Å². The van der Waals surface area contributed by atoms with E-state index < -0.39 is 20.9 Å². The first-order chi connectivity index (χ1) is 8.06. The number of aromatic nitrogens is 2. The third kappa shape index (κ3) is 3.51. The number of aryl methyl sites for hydroxylation is 2. The molecule has 0 amide bonds. The molecule has 2 rings (SSSR count). The van der Waals surface area contributed by atoms with E-state index in [1.807, 2.05) is 12.4 Å². The fraction of sp³-hybridized carbons (Fsp3) is 0.167. The molecule has 0 atom stereocenters. The fourth-order valence-electron chi connectivity index (χ4n) is 1.25. The molecule has 2 aromatic rings. The van der Waals surface area contributed by atoms with Gasteiger partial charge in [0.25, 0.3) is 0 Å². The zero-order valence-corrected chi connectivity index (χ0v) is 14.9. The standard InChI is InChI=1S/C12H10Br2N2Te/c1-7-3-11(15-5-9(7)13)17-12-4-8(2)10(14)6-16-12/h3-6H,1-2H3. The van der Waals surface area contributed by atoms with Gasteiger partial charge in [-0.3, -0.25) is 0 Å². The van der Waals surface area contributed by atoms with Gasteiger partial charge in [-0.15, -0.1) is 0 Å². The molecular weight excluding hydrogens is 460 g/mol. The predicted octanol–water partition coefficient (Wildman–Crippen LogP) is 2.27. The van der Waals surface area contributed by atoms with Crippen LogP contribution in [0.3, 0.4) is 0 Å². The first kappa shape index (κ1) is 13.5. The average Bonchev–Trinajstić information content (AvgIpc) is 2.29. The van der Waals surface area contributed by atoms with E-state index in [0.29, 0.717) is 0 Å². The first-order valence-electron chi connectivity index (χ1n) is 4.98. The van der Waals surface area contributed by atoms with Gasteiger partial charge in [-0.05, 0) is 0 Å². The van der Waals surface area contributed by atoms with Gasteiger partial charge in [0.05, 0.1) is 0 Å². The van der Waals surface area contributed by atoms with Crippen LogP contribution in [0.4, 0.5) is 0 Å². The Morgan fingerprint density at radius 1 is 0.882 bits per heavy atom. The van der Waals surface area contributed by atoms with Gasteiger partial charge in [0, 0.05) is 0 Å². The van der Waals surface area contributed by atoms with Crippen molar-refractivity contribution in [1.82, 2.24) is 9.97 Å². The minimum atomic E-state index is -0.487. The van der Waals surface area contributed by atoms with Gasteiger partial charge < -0.3 is 0 Å². The molecule has 0 aliphatic heterocycles. The second kappa shape index (κ2) is 5.79. The molecule has 0 aliphatic carbocycles. The molecule has 2 nitrogen and oxygen atoms in total. The first-order valence-corrected chi connectivity index (χ1v) is 8.90. The summed E-state index contributed by atoms with van der Waals surface area (Å²) in [7, 11) is 0. The van der Waals surface area contributed by atoms with Crippen LogP contribution >= 0.6 is 31.9 Å². The van der Waals surface area contributed by atoms with E-state index in [0.717, 1.165) is 8.95 Å². The fourth-order valence-corrected chi connectivity index (χ4v) is 4.24. The molecule has 0 N–H and O–H groups in total. The topological polar surface area (TPSA) is 25.8 Å². The van der Waals surface area contributed by atoms with Crippen LogP contribution in [0.1, 0.15) is 11.1 Å². The van der Waals surface area contributed by atoms with Crippen molar-refractivity contribution in [1.29, 1.82) is 0 Å². The summed E-state index contributed by atoms with van der Waals surface area (Å²) >= 11 is 6.45. The van der Waals surface area contributed by atoms with Crippen LogP contribution in [0.5, 0.6) is 0 Å². The summed E-state index contributed by atoms with van der Waals surface area (Å²) in [5.74, 6) is 0. The third-order valence-corrected chi connectivity index (χ3v) is 6.38.